The predicted molar refractivity (Wildman–Crippen MR) is 77.9 cm³/mol. The van der Waals surface area contributed by atoms with Gasteiger partial charge in [0.25, 0.3) is 5.91 Å². The molecule has 0 aromatic carbocycles. The minimum absolute atomic E-state index is 0.0573. The molecule has 2 atom stereocenters. The number of carboxylic acids is 1. The fourth-order valence-corrected chi connectivity index (χ4v) is 3.77. The number of carbonyl (C=O) groups excluding carboxylic acids is 3. The highest BCUT2D eigenvalue weighted by molar-refractivity contribution is 8.00. The van der Waals surface area contributed by atoms with Crippen molar-refractivity contribution < 1.29 is 33.8 Å². The number of nitrogens with two attached hydrogens (primary N) is 1. The van der Waals surface area contributed by atoms with Gasteiger partial charge in [-0.1, -0.05) is 0 Å². The average molecular weight is 344 g/mol. The minimum atomic E-state index is -1.89. The number of aliphatic carboxylic acids is 1. The second kappa shape index (κ2) is 6.20. The Balaban J connectivity index is 2.31. The van der Waals surface area contributed by atoms with Gasteiger partial charge in [-0.25, -0.2) is 9.59 Å². The van der Waals surface area contributed by atoms with Crippen LogP contribution in [-0.4, -0.2) is 63.7 Å². The lowest BCUT2D eigenvalue weighted by molar-refractivity contribution is -0.171. The first-order valence-corrected chi connectivity index (χ1v) is 7.80. The van der Waals surface area contributed by atoms with Gasteiger partial charge >= 0.3 is 17.9 Å². The van der Waals surface area contributed by atoms with Crippen molar-refractivity contribution >= 4 is 35.6 Å². The van der Waals surface area contributed by atoms with E-state index >= 15 is 0 Å². The number of rotatable bonds is 5. The molecule has 0 spiro atoms. The molecule has 126 valence electrons. The topological polar surface area (TPSA) is 136 Å². The third kappa shape index (κ3) is 2.68. The third-order valence-electron chi connectivity index (χ3n) is 3.45. The summed E-state index contributed by atoms with van der Waals surface area (Å²) in [7, 11) is 0. The first kappa shape index (κ1) is 17.3. The lowest BCUT2D eigenvalue weighted by Crippen LogP contribution is -2.81. The van der Waals surface area contributed by atoms with Crippen LogP contribution >= 0.6 is 11.8 Å². The predicted octanol–water partition coefficient (Wildman–Crippen LogP) is -0.936. The van der Waals surface area contributed by atoms with E-state index in [1.807, 2.05) is 0 Å². The van der Waals surface area contributed by atoms with Gasteiger partial charge in [0.1, 0.15) is 17.7 Å². The number of hydrogen-bond donors (Lipinski definition) is 2. The molecule has 1 amide bonds. The summed E-state index contributed by atoms with van der Waals surface area (Å²) >= 11 is 1.13. The van der Waals surface area contributed by atoms with E-state index in [9.17, 15) is 24.3 Å². The van der Waals surface area contributed by atoms with Crippen LogP contribution in [0.5, 0.6) is 0 Å². The highest BCUT2D eigenvalue weighted by Crippen LogP contribution is 2.45. The van der Waals surface area contributed by atoms with Crippen LogP contribution in [0.4, 0.5) is 0 Å². The van der Waals surface area contributed by atoms with Crippen LogP contribution in [0.1, 0.15) is 13.8 Å². The molecule has 1 unspecified atom stereocenters. The molecule has 0 aliphatic carbocycles. The highest BCUT2D eigenvalue weighted by atomic mass is 32.2. The lowest BCUT2D eigenvalue weighted by atomic mass is 9.87. The number of hydrogen-bond acceptors (Lipinski definition) is 8. The SMILES string of the molecule is CCOC(=O)C1(N)C(=O)N2C(C(=O)O)=C(COC(C)=O)CS[C@@H]21. The molecule has 0 saturated carbocycles. The number of carbonyl (C=O) groups is 4. The quantitative estimate of drug-likeness (QED) is 0.368. The Morgan fingerprint density at radius 1 is 1.43 bits per heavy atom. The van der Waals surface area contributed by atoms with Crippen LogP contribution < -0.4 is 5.73 Å². The van der Waals surface area contributed by atoms with Crippen molar-refractivity contribution in [1.82, 2.24) is 4.90 Å². The van der Waals surface area contributed by atoms with Gasteiger partial charge in [-0.3, -0.25) is 14.5 Å². The molecule has 0 aromatic heterocycles. The molecule has 2 aliphatic rings. The molecule has 3 N–H and O–H groups in total. The summed E-state index contributed by atoms with van der Waals surface area (Å²) in [6.07, 6.45) is 0. The van der Waals surface area contributed by atoms with Gasteiger partial charge in [0, 0.05) is 18.2 Å². The Morgan fingerprint density at radius 2 is 2.09 bits per heavy atom. The number of fused-ring (bicyclic) bond motifs is 1. The second-order valence-electron chi connectivity index (χ2n) is 4.97. The molecule has 0 bridgehead atoms. The maximum atomic E-state index is 12.3. The average Bonchev–Trinajstić information content (AvgIpc) is 2.50. The maximum Gasteiger partial charge on any atom is 0.352 e. The van der Waals surface area contributed by atoms with Gasteiger partial charge < -0.3 is 20.3 Å². The summed E-state index contributed by atoms with van der Waals surface area (Å²) < 4.78 is 9.62. The zero-order valence-corrected chi connectivity index (χ0v) is 13.3. The number of β-lactam (4-membered cyclic amide) rings is 1. The molecule has 23 heavy (non-hydrogen) atoms. The van der Waals surface area contributed by atoms with E-state index in [2.05, 4.69) is 0 Å². The van der Waals surface area contributed by atoms with E-state index in [1.54, 1.807) is 6.92 Å². The Kier molecular flexibility index (Phi) is 4.66. The summed E-state index contributed by atoms with van der Waals surface area (Å²) in [6, 6.07) is 0. The Labute approximate surface area is 135 Å². The van der Waals surface area contributed by atoms with Crippen molar-refractivity contribution in [3.8, 4) is 0 Å². The second-order valence-corrected chi connectivity index (χ2v) is 6.03. The summed E-state index contributed by atoms with van der Waals surface area (Å²) in [4.78, 5) is 47.6. The molecular weight excluding hydrogens is 328 g/mol. The molecule has 2 aliphatic heterocycles. The molecule has 2 rings (SSSR count). The number of thioether (sulfide) groups is 1. The van der Waals surface area contributed by atoms with Crippen LogP contribution in [0.2, 0.25) is 0 Å². The standard InChI is InChI=1S/C13H16N2O7S/c1-3-21-12(20)13(14)10(19)15-8(9(17)18)7(4-22-6(2)16)5-23-11(13)15/h11H,3-5,14H2,1-2H3,(H,17,18)/t11-,13?/m1/s1. The van der Waals surface area contributed by atoms with Gasteiger partial charge in [-0.05, 0) is 6.92 Å². The summed E-state index contributed by atoms with van der Waals surface area (Å²) in [6.45, 7) is 2.59. The van der Waals surface area contributed by atoms with Crippen LogP contribution in [0, 0.1) is 0 Å². The molecule has 9 nitrogen and oxygen atoms in total. The number of ether oxygens (including phenoxy) is 2. The molecule has 1 fully saturated rings. The first-order valence-electron chi connectivity index (χ1n) is 6.75. The largest absolute Gasteiger partial charge is 0.477 e. The Bertz CT molecular complexity index is 617. The van der Waals surface area contributed by atoms with Gasteiger partial charge in [0.05, 0.1) is 6.61 Å². The van der Waals surface area contributed by atoms with Crippen molar-refractivity contribution in [3.63, 3.8) is 0 Å². The third-order valence-corrected chi connectivity index (χ3v) is 4.87. The fourth-order valence-electron chi connectivity index (χ4n) is 2.38. The molecule has 0 radical (unpaired) electrons. The van der Waals surface area contributed by atoms with Crippen molar-refractivity contribution in [2.24, 2.45) is 5.73 Å². The van der Waals surface area contributed by atoms with Crippen molar-refractivity contribution in [3.05, 3.63) is 11.3 Å². The van der Waals surface area contributed by atoms with E-state index in [4.69, 9.17) is 15.2 Å². The van der Waals surface area contributed by atoms with Crippen molar-refractivity contribution in [1.29, 1.82) is 0 Å². The van der Waals surface area contributed by atoms with Crippen LogP contribution in [0.3, 0.4) is 0 Å². The van der Waals surface area contributed by atoms with E-state index in [-0.39, 0.29) is 30.2 Å². The minimum Gasteiger partial charge on any atom is -0.477 e. The smallest absolute Gasteiger partial charge is 0.352 e. The van der Waals surface area contributed by atoms with Crippen LogP contribution in [0.25, 0.3) is 0 Å². The van der Waals surface area contributed by atoms with Crippen LogP contribution in [-0.2, 0) is 28.7 Å². The lowest BCUT2D eigenvalue weighted by Gasteiger charge is -2.53. The number of esters is 2. The Morgan fingerprint density at radius 3 is 2.61 bits per heavy atom. The summed E-state index contributed by atoms with van der Waals surface area (Å²) in [5.74, 6) is -3.47. The number of amides is 1. The van der Waals surface area contributed by atoms with E-state index in [0.29, 0.717) is 0 Å². The van der Waals surface area contributed by atoms with Crippen molar-refractivity contribution in [2.45, 2.75) is 24.8 Å². The monoisotopic (exact) mass is 344 g/mol. The molecule has 1 saturated heterocycles. The fraction of sp³-hybridized carbons (Fsp3) is 0.538. The van der Waals surface area contributed by atoms with Gasteiger partial charge in [-0.15, -0.1) is 11.8 Å². The number of nitrogens with zero attached hydrogens (tertiary/aromatic N) is 1. The summed E-state index contributed by atoms with van der Waals surface area (Å²) in [5.41, 5.74) is 3.95. The normalized spacial score (nSPS) is 26.3. The van der Waals surface area contributed by atoms with E-state index < -0.39 is 34.7 Å². The van der Waals surface area contributed by atoms with Crippen LogP contribution in [0.15, 0.2) is 11.3 Å². The van der Waals surface area contributed by atoms with E-state index in [1.165, 1.54) is 6.92 Å². The molecular formula is C13H16N2O7S. The molecule has 10 heteroatoms. The first-order chi connectivity index (χ1) is 10.7. The molecule has 2 heterocycles. The molecule has 0 aromatic rings. The zero-order chi connectivity index (χ0) is 17.4. The van der Waals surface area contributed by atoms with Gasteiger partial charge in [0.15, 0.2) is 0 Å². The highest BCUT2D eigenvalue weighted by Gasteiger charge is 2.67. The maximum absolute atomic E-state index is 12.3. The van der Waals surface area contributed by atoms with E-state index in [0.717, 1.165) is 16.7 Å². The number of carboxylic acid groups (broad SMARTS) is 1. The van der Waals surface area contributed by atoms with Crippen molar-refractivity contribution in [2.75, 3.05) is 19.0 Å². The zero-order valence-electron chi connectivity index (χ0n) is 12.5. The Hall–Kier alpha value is -2.07. The summed E-state index contributed by atoms with van der Waals surface area (Å²) in [5, 5.41) is 8.51. The van der Waals surface area contributed by atoms with Gasteiger partial charge in [-0.2, -0.15) is 0 Å². The van der Waals surface area contributed by atoms with Gasteiger partial charge in [0.2, 0.25) is 5.54 Å².